The second-order valence-corrected chi connectivity index (χ2v) is 11.4. The molecule has 2 aliphatic heterocycles. The van der Waals surface area contributed by atoms with Gasteiger partial charge in [-0.3, -0.25) is 14.8 Å². The van der Waals surface area contributed by atoms with Crippen molar-refractivity contribution in [3.63, 3.8) is 0 Å². The number of likely N-dealkylation sites (N-methyl/N-ethyl adjacent to an activating group) is 1. The predicted molar refractivity (Wildman–Crippen MR) is 175 cm³/mol. The van der Waals surface area contributed by atoms with Crippen LogP contribution < -0.4 is 5.32 Å². The van der Waals surface area contributed by atoms with E-state index in [0.29, 0.717) is 47.6 Å². The van der Waals surface area contributed by atoms with E-state index in [2.05, 4.69) is 59.6 Å². The van der Waals surface area contributed by atoms with Crippen LogP contribution in [0, 0.1) is 0 Å². The summed E-state index contributed by atoms with van der Waals surface area (Å²) in [6, 6.07) is 12.1. The number of nitrogens with zero attached hydrogens (tertiary/aromatic N) is 6. The quantitative estimate of drug-likeness (QED) is 0.163. The zero-order valence-corrected chi connectivity index (χ0v) is 27.0. The molecule has 0 unspecified atom stereocenters. The number of hydrogen-bond acceptors (Lipinski definition) is 9. The average molecular weight is 707 g/mol. The highest BCUT2D eigenvalue weighted by Crippen LogP contribution is 2.27. The number of phenols is 1. The van der Waals surface area contributed by atoms with Crippen molar-refractivity contribution in [2.24, 2.45) is 15.0 Å². The number of likely N-dealkylation sites (tertiary alicyclic amines) is 1. The number of nitrogens with one attached hydrogen (secondary N) is 1. The summed E-state index contributed by atoms with van der Waals surface area (Å²) in [6.45, 7) is 0.885. The Labute approximate surface area is 278 Å². The van der Waals surface area contributed by atoms with E-state index in [0.717, 1.165) is 23.9 Å². The lowest BCUT2D eigenvalue weighted by atomic mass is 10.0. The molecule has 2 heterocycles. The molecule has 1 fully saturated rings. The number of amides is 5. The molecule has 5 amide bonds. The molecule has 2 aliphatic rings. The summed E-state index contributed by atoms with van der Waals surface area (Å²) in [5.41, 5.74) is 4.90. The zero-order valence-electron chi connectivity index (χ0n) is 25.4. The van der Waals surface area contributed by atoms with Gasteiger partial charge in [-0.1, -0.05) is 24.3 Å². The minimum Gasteiger partial charge on any atom is -0.507 e. The largest absolute Gasteiger partial charge is 0.507 e. The van der Waals surface area contributed by atoms with E-state index < -0.39 is 24.0 Å². The number of hydrogen-bond donors (Lipinski definition) is 3. The number of fused-ring (bicyclic) bond motifs is 1. The Morgan fingerprint density at radius 2 is 1.91 bits per heavy atom. The van der Waals surface area contributed by atoms with E-state index in [-0.39, 0.29) is 30.8 Å². The number of rotatable bonds is 8. The van der Waals surface area contributed by atoms with Crippen LogP contribution in [0.1, 0.15) is 24.0 Å². The van der Waals surface area contributed by atoms with Crippen LogP contribution in [0.3, 0.4) is 0 Å². The van der Waals surface area contributed by atoms with Crippen molar-refractivity contribution in [1.82, 2.24) is 14.9 Å². The first kappa shape index (κ1) is 34.6. The molecule has 4 rings (SSSR count). The third kappa shape index (κ3) is 10.1. The summed E-state index contributed by atoms with van der Waals surface area (Å²) < 4.78 is 6.04. The fourth-order valence-electron chi connectivity index (χ4n) is 4.89. The molecule has 3 N–H and O–H groups in total. The van der Waals surface area contributed by atoms with Crippen LogP contribution >= 0.6 is 15.9 Å². The molecule has 0 radical (unpaired) electrons. The molecule has 14 nitrogen and oxygen atoms in total. The Kier molecular flexibility index (Phi) is 12.4. The van der Waals surface area contributed by atoms with Crippen molar-refractivity contribution < 1.29 is 34.2 Å². The summed E-state index contributed by atoms with van der Waals surface area (Å²) >= 11 is 3.25. The number of urea groups is 1. The van der Waals surface area contributed by atoms with Gasteiger partial charge in [0.15, 0.2) is 6.10 Å². The molecule has 1 saturated heterocycles. The topological polar surface area (TPSA) is 177 Å². The summed E-state index contributed by atoms with van der Waals surface area (Å²) in [5, 5.41) is 22.2. The molecule has 0 spiro atoms. The number of para-hydroxylation sites is 1. The number of carbonyl (C=O) groups is 4. The number of ether oxygens (including phenoxy) is 1. The minimum absolute atomic E-state index is 0.0107. The summed E-state index contributed by atoms with van der Waals surface area (Å²) in [7, 11) is 1.17. The van der Waals surface area contributed by atoms with E-state index in [9.17, 15) is 24.3 Å². The molecular formula is C32H32BrN7O7. The second-order valence-electron chi connectivity index (χ2n) is 10.5. The van der Waals surface area contributed by atoms with Gasteiger partial charge in [0.1, 0.15) is 12.3 Å². The van der Waals surface area contributed by atoms with Crippen LogP contribution in [0.2, 0.25) is 0 Å². The van der Waals surface area contributed by atoms with Gasteiger partial charge in [0.05, 0.1) is 22.4 Å². The van der Waals surface area contributed by atoms with Gasteiger partial charge in [0, 0.05) is 50.7 Å². The van der Waals surface area contributed by atoms with Crippen molar-refractivity contribution >= 4 is 63.2 Å². The Balaban J connectivity index is 1.39. The third-order valence-corrected chi connectivity index (χ3v) is 8.02. The highest BCUT2D eigenvalue weighted by atomic mass is 79.9. The number of carbonyl (C=O) groups excluding carboxylic acids is 4. The monoisotopic (exact) mass is 705 g/mol. The van der Waals surface area contributed by atoms with E-state index in [4.69, 9.17) is 9.94 Å². The van der Waals surface area contributed by atoms with Crippen molar-refractivity contribution in [1.29, 1.82) is 0 Å². The number of aliphatic imine (C=N–C) groups is 3. The first-order valence-electron chi connectivity index (χ1n) is 14.6. The molecule has 0 aromatic heterocycles. The highest BCUT2D eigenvalue weighted by Gasteiger charge is 2.33. The van der Waals surface area contributed by atoms with Crippen LogP contribution in [-0.4, -0.2) is 112 Å². The summed E-state index contributed by atoms with van der Waals surface area (Å²) in [5.74, 6) is 5.39. The SMILES string of the molecule is CN(O)C(=O)CN=C=C=NC=C=C=NC(=O)[C@@H](Cc1ccc(O)c(Br)c1)OC(=O)N1CCC(N2CCc3ccccc3NC2=O)CC1. The highest BCUT2D eigenvalue weighted by molar-refractivity contribution is 9.10. The van der Waals surface area contributed by atoms with E-state index in [1.807, 2.05) is 29.2 Å². The number of piperidine rings is 1. The molecule has 0 aliphatic carbocycles. The lowest BCUT2D eigenvalue weighted by Gasteiger charge is -2.37. The van der Waals surface area contributed by atoms with Gasteiger partial charge in [-0.05, 0) is 70.2 Å². The Morgan fingerprint density at radius 1 is 1.15 bits per heavy atom. The van der Waals surface area contributed by atoms with Gasteiger partial charge in [-0.25, -0.2) is 19.6 Å². The predicted octanol–water partition coefficient (Wildman–Crippen LogP) is 3.37. The number of benzene rings is 2. The Bertz CT molecular complexity index is 1710. The van der Waals surface area contributed by atoms with E-state index in [1.165, 1.54) is 18.0 Å². The lowest BCUT2D eigenvalue weighted by molar-refractivity contribution is -0.157. The molecule has 0 bridgehead atoms. The maximum absolute atomic E-state index is 13.2. The average Bonchev–Trinajstić information content (AvgIpc) is 3.23. The van der Waals surface area contributed by atoms with Crippen molar-refractivity contribution in [3.05, 3.63) is 70.0 Å². The summed E-state index contributed by atoms with van der Waals surface area (Å²) in [4.78, 5) is 64.6. The standard InChI is InChI=1S/C32H32BrN7O7/c1-38(46)29(42)21-35-15-14-34-12-4-13-36-30(43)28(20-22-7-8-27(41)25(33)19-22)47-32(45)39-16-10-24(11-17-39)40-18-9-23-5-2-3-6-26(23)37-31(40)44/h2-3,5-8,12,19,24,28,41,46H,9-11,16-18,20-21H2,1H3,(H,37,44)/t28-/m1/s1. The zero-order chi connectivity index (χ0) is 33.8. The lowest BCUT2D eigenvalue weighted by Crippen LogP contribution is -2.50. The molecule has 1 atom stereocenters. The number of hydroxylamine groups is 2. The summed E-state index contributed by atoms with van der Waals surface area (Å²) in [6.07, 6.45) is 0.861. The van der Waals surface area contributed by atoms with Crippen LogP contribution in [0.15, 0.2) is 73.8 Å². The van der Waals surface area contributed by atoms with Gasteiger partial charge in [-0.2, -0.15) is 9.98 Å². The van der Waals surface area contributed by atoms with E-state index in [1.54, 1.807) is 12.1 Å². The Hall–Kier alpha value is -5.25. The number of aromatic hydroxyl groups is 1. The Morgan fingerprint density at radius 3 is 2.66 bits per heavy atom. The number of phenolic OH excluding ortho intramolecular Hbond substituents is 1. The molecule has 0 saturated carbocycles. The molecule has 47 heavy (non-hydrogen) atoms. The maximum Gasteiger partial charge on any atom is 0.410 e. The maximum atomic E-state index is 13.2. The van der Waals surface area contributed by atoms with Gasteiger partial charge in [-0.15, -0.1) is 0 Å². The first-order valence-corrected chi connectivity index (χ1v) is 15.4. The number of halogens is 1. The van der Waals surface area contributed by atoms with Gasteiger partial charge in [0.2, 0.25) is 0 Å². The normalized spacial score (nSPS) is 14.7. The third-order valence-electron chi connectivity index (χ3n) is 7.39. The van der Waals surface area contributed by atoms with Gasteiger partial charge < -0.3 is 25.0 Å². The van der Waals surface area contributed by atoms with Gasteiger partial charge in [0.25, 0.3) is 11.8 Å². The van der Waals surface area contributed by atoms with Crippen molar-refractivity contribution in [2.75, 3.05) is 38.5 Å². The van der Waals surface area contributed by atoms with Crippen LogP contribution in [-0.2, 0) is 27.2 Å². The van der Waals surface area contributed by atoms with Gasteiger partial charge >= 0.3 is 12.1 Å². The fourth-order valence-corrected chi connectivity index (χ4v) is 5.32. The second kappa shape index (κ2) is 16.9. The number of anilines is 1. The minimum atomic E-state index is -1.31. The fraction of sp³-hybridized carbons (Fsp3) is 0.344. The van der Waals surface area contributed by atoms with E-state index >= 15 is 0 Å². The molecular weight excluding hydrogens is 674 g/mol. The van der Waals surface area contributed by atoms with Crippen molar-refractivity contribution in [2.45, 2.75) is 37.8 Å². The molecule has 2 aromatic carbocycles. The van der Waals surface area contributed by atoms with Crippen LogP contribution in [0.4, 0.5) is 15.3 Å². The molecule has 2 aromatic rings. The van der Waals surface area contributed by atoms with Crippen LogP contribution in [0.5, 0.6) is 5.75 Å². The molecule has 15 heteroatoms. The molecule has 244 valence electrons. The first-order chi connectivity index (χ1) is 22.6. The smallest absolute Gasteiger partial charge is 0.410 e. The van der Waals surface area contributed by atoms with Crippen LogP contribution in [0.25, 0.3) is 0 Å². The van der Waals surface area contributed by atoms with Crippen molar-refractivity contribution in [3.8, 4) is 5.75 Å².